The van der Waals surface area contributed by atoms with Crippen molar-refractivity contribution in [3.8, 4) is 0 Å². The van der Waals surface area contributed by atoms with Gasteiger partial charge in [0.1, 0.15) is 0 Å². The molecule has 92 valence electrons. The van der Waals surface area contributed by atoms with Crippen LogP contribution in [0.2, 0.25) is 0 Å². The molecule has 1 rings (SSSR count). The van der Waals surface area contributed by atoms with Gasteiger partial charge in [-0.05, 0) is 27.7 Å². The maximum Gasteiger partial charge on any atom is 0.309 e. The van der Waals surface area contributed by atoms with Gasteiger partial charge in [0.15, 0.2) is 0 Å². The molecule has 6 nitrogen and oxygen atoms in total. The molecule has 1 fully saturated rings. The van der Waals surface area contributed by atoms with Crippen LogP contribution in [0.5, 0.6) is 0 Å². The average Bonchev–Trinajstić information content (AvgIpc) is 2.23. The highest BCUT2D eigenvalue weighted by atomic mass is 16.5. The molecule has 16 heavy (non-hydrogen) atoms. The Morgan fingerprint density at radius 3 is 1.38 bits per heavy atom. The largest absolute Gasteiger partial charge is 0.481 e. The zero-order valence-corrected chi connectivity index (χ0v) is 9.76. The van der Waals surface area contributed by atoms with E-state index in [4.69, 9.17) is 10.2 Å². The standard InChI is InChI=1S/C10H17NO5/c1-9(2)5(7(12)13)6(8(14)15)10(3,4)11(9)16/h5-6,16H,1-4H3,(H,12,13)(H,14,15)/t5-,6-/m0/s1. The minimum absolute atomic E-state index is 0.845. The lowest BCUT2D eigenvalue weighted by Crippen LogP contribution is -2.48. The van der Waals surface area contributed by atoms with Crippen LogP contribution in [0.3, 0.4) is 0 Å². The van der Waals surface area contributed by atoms with Gasteiger partial charge in [0.25, 0.3) is 0 Å². The minimum atomic E-state index is -1.21. The first kappa shape index (κ1) is 12.9. The molecular weight excluding hydrogens is 214 g/mol. The third kappa shape index (κ3) is 1.49. The van der Waals surface area contributed by atoms with E-state index >= 15 is 0 Å². The van der Waals surface area contributed by atoms with Gasteiger partial charge in [0, 0.05) is 0 Å². The van der Waals surface area contributed by atoms with Crippen LogP contribution >= 0.6 is 0 Å². The number of hydrogen-bond acceptors (Lipinski definition) is 4. The maximum atomic E-state index is 11.2. The molecule has 0 saturated carbocycles. The Morgan fingerprint density at radius 1 is 0.938 bits per heavy atom. The smallest absolute Gasteiger partial charge is 0.309 e. The summed E-state index contributed by atoms with van der Waals surface area (Å²) < 4.78 is 0. The molecule has 0 bridgehead atoms. The summed E-state index contributed by atoms with van der Waals surface area (Å²) in [5.74, 6) is -4.71. The molecule has 1 heterocycles. The van der Waals surface area contributed by atoms with Gasteiger partial charge in [-0.15, -0.1) is 0 Å². The van der Waals surface area contributed by atoms with Crippen LogP contribution in [-0.2, 0) is 9.59 Å². The highest BCUT2D eigenvalue weighted by Gasteiger charge is 2.64. The highest BCUT2D eigenvalue weighted by Crippen LogP contribution is 2.48. The summed E-state index contributed by atoms with van der Waals surface area (Å²) in [6.45, 7) is 6.10. The molecule has 1 saturated heterocycles. The number of hydroxylamine groups is 2. The SMILES string of the molecule is CC1(C)[C@H](C(=O)O)[C@@H](C(=O)O)C(C)(C)N1O. The first-order valence-corrected chi connectivity index (χ1v) is 4.99. The van der Waals surface area contributed by atoms with Crippen molar-refractivity contribution in [2.24, 2.45) is 11.8 Å². The molecule has 0 radical (unpaired) electrons. The van der Waals surface area contributed by atoms with E-state index in [-0.39, 0.29) is 0 Å². The monoisotopic (exact) mass is 231 g/mol. The number of carboxylic acid groups (broad SMARTS) is 2. The number of nitrogens with zero attached hydrogens (tertiary/aromatic N) is 1. The van der Waals surface area contributed by atoms with Gasteiger partial charge in [-0.2, -0.15) is 5.06 Å². The topological polar surface area (TPSA) is 98.1 Å². The van der Waals surface area contributed by atoms with E-state index in [0.29, 0.717) is 0 Å². The highest BCUT2D eigenvalue weighted by molar-refractivity contribution is 5.83. The van der Waals surface area contributed by atoms with Crippen LogP contribution in [0, 0.1) is 11.8 Å². The summed E-state index contributed by atoms with van der Waals surface area (Å²) >= 11 is 0. The Morgan fingerprint density at radius 2 is 1.19 bits per heavy atom. The van der Waals surface area contributed by atoms with E-state index < -0.39 is 34.9 Å². The zero-order chi connectivity index (χ0) is 12.9. The lowest BCUT2D eigenvalue weighted by atomic mass is 9.77. The van der Waals surface area contributed by atoms with Crippen LogP contribution in [0.4, 0.5) is 0 Å². The van der Waals surface area contributed by atoms with Gasteiger partial charge in [-0.3, -0.25) is 9.59 Å². The van der Waals surface area contributed by atoms with Gasteiger partial charge in [-0.25, -0.2) is 0 Å². The van der Waals surface area contributed by atoms with Gasteiger partial charge < -0.3 is 15.4 Å². The molecule has 0 spiro atoms. The van der Waals surface area contributed by atoms with Crippen LogP contribution in [0.25, 0.3) is 0 Å². The van der Waals surface area contributed by atoms with Crippen molar-refractivity contribution in [3.05, 3.63) is 0 Å². The Bertz CT molecular complexity index is 304. The van der Waals surface area contributed by atoms with Crippen molar-refractivity contribution in [2.75, 3.05) is 0 Å². The molecule has 1 aliphatic rings. The normalized spacial score (nSPS) is 32.6. The molecule has 0 amide bonds. The van der Waals surface area contributed by atoms with Crippen molar-refractivity contribution in [1.29, 1.82) is 0 Å². The van der Waals surface area contributed by atoms with Crippen LogP contribution < -0.4 is 0 Å². The summed E-state index contributed by atoms with van der Waals surface area (Å²) in [6, 6.07) is 0. The predicted molar refractivity (Wildman–Crippen MR) is 54.0 cm³/mol. The molecule has 3 N–H and O–H groups in total. The predicted octanol–water partition coefficient (Wildman–Crippen LogP) is 0.650. The van der Waals surface area contributed by atoms with E-state index in [1.54, 1.807) is 0 Å². The fourth-order valence-corrected chi connectivity index (χ4v) is 2.71. The van der Waals surface area contributed by atoms with E-state index in [0.717, 1.165) is 5.06 Å². The molecular formula is C10H17NO5. The summed E-state index contributed by atoms with van der Waals surface area (Å²) in [4.78, 5) is 22.3. The second-order valence-electron chi connectivity index (χ2n) is 5.25. The first-order valence-electron chi connectivity index (χ1n) is 4.99. The van der Waals surface area contributed by atoms with Crippen molar-refractivity contribution in [1.82, 2.24) is 5.06 Å². The molecule has 0 unspecified atom stereocenters. The fraction of sp³-hybridized carbons (Fsp3) is 0.800. The Balaban J connectivity index is 3.34. The number of carbonyl (C=O) groups is 2. The van der Waals surface area contributed by atoms with Gasteiger partial charge >= 0.3 is 11.9 Å². The number of carboxylic acids is 2. The van der Waals surface area contributed by atoms with Crippen molar-refractivity contribution >= 4 is 11.9 Å². The summed E-state index contributed by atoms with van der Waals surface area (Å²) in [7, 11) is 0. The first-order chi connectivity index (χ1) is 7.04. The van der Waals surface area contributed by atoms with E-state index in [1.165, 1.54) is 27.7 Å². The zero-order valence-electron chi connectivity index (χ0n) is 9.76. The summed E-state index contributed by atoms with van der Waals surface area (Å²) in [5.41, 5.74) is -2.23. The third-order valence-electron chi connectivity index (χ3n) is 3.48. The van der Waals surface area contributed by atoms with Crippen molar-refractivity contribution in [3.63, 3.8) is 0 Å². The molecule has 0 aromatic heterocycles. The van der Waals surface area contributed by atoms with Crippen molar-refractivity contribution in [2.45, 2.75) is 38.8 Å². The van der Waals surface area contributed by atoms with E-state index in [9.17, 15) is 14.8 Å². The molecule has 2 atom stereocenters. The quantitative estimate of drug-likeness (QED) is 0.645. The number of rotatable bonds is 2. The second kappa shape index (κ2) is 3.43. The molecule has 1 aliphatic heterocycles. The van der Waals surface area contributed by atoms with Crippen molar-refractivity contribution < 1.29 is 25.0 Å². The van der Waals surface area contributed by atoms with Crippen LogP contribution in [-0.4, -0.2) is 43.5 Å². The Kier molecular flexibility index (Phi) is 2.77. The fourth-order valence-electron chi connectivity index (χ4n) is 2.71. The third-order valence-corrected chi connectivity index (χ3v) is 3.48. The number of hydrogen-bond donors (Lipinski definition) is 3. The lowest BCUT2D eigenvalue weighted by Gasteiger charge is -2.35. The van der Waals surface area contributed by atoms with Gasteiger partial charge in [0.05, 0.1) is 22.9 Å². The summed E-state index contributed by atoms with van der Waals surface area (Å²) in [5, 5.41) is 29.0. The molecule has 0 aromatic rings. The minimum Gasteiger partial charge on any atom is -0.481 e. The Labute approximate surface area is 93.4 Å². The number of aliphatic carboxylic acids is 2. The lowest BCUT2D eigenvalue weighted by molar-refractivity contribution is -0.203. The van der Waals surface area contributed by atoms with Crippen LogP contribution in [0.15, 0.2) is 0 Å². The van der Waals surface area contributed by atoms with Gasteiger partial charge in [0.2, 0.25) is 0 Å². The van der Waals surface area contributed by atoms with E-state index in [1.807, 2.05) is 0 Å². The van der Waals surface area contributed by atoms with E-state index in [2.05, 4.69) is 0 Å². The molecule has 0 aromatic carbocycles. The van der Waals surface area contributed by atoms with Gasteiger partial charge in [-0.1, -0.05) is 0 Å². The Hall–Kier alpha value is -1.14. The van der Waals surface area contributed by atoms with Crippen LogP contribution in [0.1, 0.15) is 27.7 Å². The average molecular weight is 231 g/mol. The summed E-state index contributed by atoms with van der Waals surface area (Å²) in [6.07, 6.45) is 0. The second-order valence-corrected chi connectivity index (χ2v) is 5.25. The maximum absolute atomic E-state index is 11.2. The molecule has 6 heteroatoms. The molecule has 0 aliphatic carbocycles.